The largest absolute Gasteiger partial charge is 0.394 e. The van der Waals surface area contributed by atoms with Crippen LogP contribution >= 0.6 is 11.3 Å². The Morgan fingerprint density at radius 3 is 2.82 bits per heavy atom. The van der Waals surface area contributed by atoms with Crippen LogP contribution in [0.1, 0.15) is 0 Å². The minimum atomic E-state index is -0.722. The van der Waals surface area contributed by atoms with Gasteiger partial charge in [-0.15, -0.1) is 11.3 Å². The molecule has 3 N–H and O–H groups in total. The van der Waals surface area contributed by atoms with Crippen molar-refractivity contribution in [2.75, 3.05) is 18.5 Å². The average Bonchev–Trinajstić information content (AvgIpc) is 2.90. The molecule has 0 spiro atoms. The van der Waals surface area contributed by atoms with E-state index in [2.05, 4.69) is 17.4 Å². The molecule has 17 heavy (non-hydrogen) atoms. The van der Waals surface area contributed by atoms with Crippen LogP contribution in [-0.4, -0.2) is 29.5 Å². The average molecular weight is 249 g/mol. The van der Waals surface area contributed by atoms with Gasteiger partial charge in [-0.3, -0.25) is 0 Å². The first kappa shape index (κ1) is 12.1. The number of benzene rings is 1. The zero-order chi connectivity index (χ0) is 12.1. The van der Waals surface area contributed by atoms with Crippen LogP contribution in [0.2, 0.25) is 0 Å². The van der Waals surface area contributed by atoms with E-state index < -0.39 is 6.10 Å². The van der Waals surface area contributed by atoms with Gasteiger partial charge < -0.3 is 15.5 Å². The molecule has 0 saturated heterocycles. The molecular weight excluding hydrogens is 234 g/mol. The third-order valence-electron chi connectivity index (χ3n) is 2.42. The summed E-state index contributed by atoms with van der Waals surface area (Å²) < 4.78 is 0. The maximum absolute atomic E-state index is 9.26. The molecule has 0 fully saturated rings. The van der Waals surface area contributed by atoms with Gasteiger partial charge in [-0.05, 0) is 29.1 Å². The number of aliphatic hydroxyl groups excluding tert-OH is 2. The topological polar surface area (TPSA) is 52.5 Å². The first-order chi connectivity index (χ1) is 8.29. The molecule has 2 aromatic rings. The van der Waals surface area contributed by atoms with Crippen molar-refractivity contribution in [1.29, 1.82) is 0 Å². The SMILES string of the molecule is OCC(O)CNc1cccc(-c2cccs2)c1. The van der Waals surface area contributed by atoms with Crippen LogP contribution < -0.4 is 5.32 Å². The second-order valence-electron chi connectivity index (χ2n) is 3.78. The third kappa shape index (κ3) is 3.30. The smallest absolute Gasteiger partial charge is 0.0942 e. The zero-order valence-electron chi connectivity index (χ0n) is 9.34. The fourth-order valence-electron chi connectivity index (χ4n) is 1.53. The van der Waals surface area contributed by atoms with Gasteiger partial charge in [-0.25, -0.2) is 0 Å². The molecule has 0 aliphatic rings. The van der Waals surface area contributed by atoms with Crippen molar-refractivity contribution in [1.82, 2.24) is 0 Å². The molecular formula is C13H15NO2S. The number of anilines is 1. The highest BCUT2D eigenvalue weighted by molar-refractivity contribution is 7.13. The van der Waals surface area contributed by atoms with E-state index in [1.807, 2.05) is 29.6 Å². The van der Waals surface area contributed by atoms with Crippen molar-refractivity contribution in [3.63, 3.8) is 0 Å². The highest BCUT2D eigenvalue weighted by atomic mass is 32.1. The molecule has 1 aromatic carbocycles. The molecule has 1 heterocycles. The van der Waals surface area contributed by atoms with Gasteiger partial charge in [0.05, 0.1) is 12.7 Å². The van der Waals surface area contributed by atoms with Crippen LogP contribution in [0.15, 0.2) is 41.8 Å². The van der Waals surface area contributed by atoms with E-state index in [-0.39, 0.29) is 6.61 Å². The lowest BCUT2D eigenvalue weighted by Crippen LogP contribution is -2.22. The lowest BCUT2D eigenvalue weighted by molar-refractivity contribution is 0.105. The lowest BCUT2D eigenvalue weighted by Gasteiger charge is -2.10. The van der Waals surface area contributed by atoms with Gasteiger partial charge >= 0.3 is 0 Å². The predicted octanol–water partition coefficient (Wildman–Crippen LogP) is 2.18. The number of aliphatic hydroxyl groups is 2. The maximum atomic E-state index is 9.26. The van der Waals surface area contributed by atoms with E-state index in [1.165, 1.54) is 4.88 Å². The molecule has 2 rings (SSSR count). The van der Waals surface area contributed by atoms with Crippen LogP contribution in [0.4, 0.5) is 5.69 Å². The fourth-order valence-corrected chi connectivity index (χ4v) is 2.25. The van der Waals surface area contributed by atoms with Gasteiger partial charge in [0.1, 0.15) is 0 Å². The molecule has 0 aliphatic carbocycles. The lowest BCUT2D eigenvalue weighted by atomic mass is 10.1. The Morgan fingerprint density at radius 2 is 2.12 bits per heavy atom. The van der Waals surface area contributed by atoms with Gasteiger partial charge in [0, 0.05) is 17.1 Å². The van der Waals surface area contributed by atoms with E-state index in [9.17, 15) is 5.11 Å². The molecule has 0 bridgehead atoms. The molecule has 0 amide bonds. The van der Waals surface area contributed by atoms with Crippen molar-refractivity contribution in [3.05, 3.63) is 41.8 Å². The van der Waals surface area contributed by atoms with Crippen LogP contribution in [0, 0.1) is 0 Å². The maximum Gasteiger partial charge on any atom is 0.0942 e. The summed E-state index contributed by atoms with van der Waals surface area (Å²) in [6.45, 7) is 0.127. The summed E-state index contributed by atoms with van der Waals surface area (Å²) in [5.41, 5.74) is 2.10. The van der Waals surface area contributed by atoms with Crippen molar-refractivity contribution in [2.45, 2.75) is 6.10 Å². The Labute approximate surface area is 104 Å². The Morgan fingerprint density at radius 1 is 1.24 bits per heavy atom. The molecule has 4 heteroatoms. The van der Waals surface area contributed by atoms with Gasteiger partial charge in [0.25, 0.3) is 0 Å². The van der Waals surface area contributed by atoms with E-state index in [4.69, 9.17) is 5.11 Å². The number of hydrogen-bond donors (Lipinski definition) is 3. The molecule has 3 nitrogen and oxygen atoms in total. The van der Waals surface area contributed by atoms with Crippen LogP contribution in [-0.2, 0) is 0 Å². The highest BCUT2D eigenvalue weighted by Crippen LogP contribution is 2.26. The van der Waals surface area contributed by atoms with Crippen molar-refractivity contribution in [2.24, 2.45) is 0 Å². The summed E-state index contributed by atoms with van der Waals surface area (Å²) in [6, 6.07) is 12.1. The highest BCUT2D eigenvalue weighted by Gasteiger charge is 2.03. The Hall–Kier alpha value is -1.36. The normalized spacial score (nSPS) is 12.4. The first-order valence-corrected chi connectivity index (χ1v) is 6.34. The third-order valence-corrected chi connectivity index (χ3v) is 3.34. The van der Waals surface area contributed by atoms with Crippen LogP contribution in [0.5, 0.6) is 0 Å². The quantitative estimate of drug-likeness (QED) is 0.761. The molecule has 0 radical (unpaired) electrons. The Balaban J connectivity index is 2.07. The van der Waals surface area contributed by atoms with Crippen molar-refractivity contribution >= 4 is 17.0 Å². The van der Waals surface area contributed by atoms with Crippen molar-refractivity contribution < 1.29 is 10.2 Å². The second-order valence-corrected chi connectivity index (χ2v) is 4.72. The number of nitrogens with one attached hydrogen (secondary N) is 1. The molecule has 1 aromatic heterocycles. The van der Waals surface area contributed by atoms with Gasteiger partial charge in [-0.2, -0.15) is 0 Å². The van der Waals surface area contributed by atoms with E-state index in [0.717, 1.165) is 11.3 Å². The number of rotatable bonds is 5. The van der Waals surface area contributed by atoms with E-state index in [1.54, 1.807) is 11.3 Å². The standard InChI is InChI=1S/C13H15NO2S/c15-9-12(16)8-14-11-4-1-3-10(7-11)13-5-2-6-17-13/h1-7,12,14-16H,8-9H2. The van der Waals surface area contributed by atoms with Crippen LogP contribution in [0.3, 0.4) is 0 Å². The monoisotopic (exact) mass is 249 g/mol. The van der Waals surface area contributed by atoms with Crippen LogP contribution in [0.25, 0.3) is 10.4 Å². The fraction of sp³-hybridized carbons (Fsp3) is 0.231. The summed E-state index contributed by atoms with van der Waals surface area (Å²) in [5, 5.41) is 23.1. The molecule has 1 atom stereocenters. The zero-order valence-corrected chi connectivity index (χ0v) is 10.2. The Bertz CT molecular complexity index is 456. The molecule has 0 saturated carbocycles. The summed E-state index contributed by atoms with van der Waals surface area (Å²) in [5.74, 6) is 0. The number of thiophene rings is 1. The van der Waals surface area contributed by atoms with Gasteiger partial charge in [0.15, 0.2) is 0 Å². The van der Waals surface area contributed by atoms with Crippen molar-refractivity contribution in [3.8, 4) is 10.4 Å². The van der Waals surface area contributed by atoms with Gasteiger partial charge in [0.2, 0.25) is 0 Å². The predicted molar refractivity (Wildman–Crippen MR) is 71.3 cm³/mol. The van der Waals surface area contributed by atoms with E-state index >= 15 is 0 Å². The first-order valence-electron chi connectivity index (χ1n) is 5.46. The Kier molecular flexibility index (Phi) is 4.14. The molecule has 1 unspecified atom stereocenters. The van der Waals surface area contributed by atoms with E-state index in [0.29, 0.717) is 6.54 Å². The summed E-state index contributed by atoms with van der Waals surface area (Å²) >= 11 is 1.70. The molecule has 90 valence electrons. The number of hydrogen-bond acceptors (Lipinski definition) is 4. The second kappa shape index (κ2) is 5.82. The van der Waals surface area contributed by atoms with Gasteiger partial charge in [-0.1, -0.05) is 18.2 Å². The minimum absolute atomic E-state index is 0.225. The minimum Gasteiger partial charge on any atom is -0.394 e. The molecule has 0 aliphatic heterocycles. The summed E-state index contributed by atoms with van der Waals surface area (Å²) in [4.78, 5) is 1.22. The summed E-state index contributed by atoms with van der Waals surface area (Å²) in [6.07, 6.45) is -0.722. The summed E-state index contributed by atoms with van der Waals surface area (Å²) in [7, 11) is 0.